The van der Waals surface area contributed by atoms with Crippen LogP contribution in [0.5, 0.6) is 0 Å². The Bertz CT molecular complexity index is 714. The van der Waals surface area contributed by atoms with Crippen LogP contribution in [-0.4, -0.2) is 63.4 Å². The highest BCUT2D eigenvalue weighted by Gasteiger charge is 2.37. The van der Waals surface area contributed by atoms with Gasteiger partial charge in [0.2, 0.25) is 10.0 Å². The van der Waals surface area contributed by atoms with Gasteiger partial charge in [0.25, 0.3) is 0 Å². The molecule has 0 heterocycles. The SMILES string of the molecule is CC(C)CCCC(COC(=O)CC(C(=O)OCC(CCN)CCCCN)S(=O)(=O)N(C)[O-])CC(C)C. The van der Waals surface area contributed by atoms with Crippen molar-refractivity contribution in [2.45, 2.75) is 90.7 Å². The highest BCUT2D eigenvalue weighted by molar-refractivity contribution is 7.90. The first-order chi connectivity index (χ1) is 16.8. The van der Waals surface area contributed by atoms with Crippen LogP contribution in [0.15, 0.2) is 0 Å². The number of rotatable bonds is 21. The smallest absolute Gasteiger partial charge is 0.326 e. The van der Waals surface area contributed by atoms with Crippen LogP contribution in [0.1, 0.15) is 85.5 Å². The molecule has 0 spiro atoms. The van der Waals surface area contributed by atoms with Gasteiger partial charge < -0.3 is 26.1 Å². The number of hydroxylamine groups is 1. The van der Waals surface area contributed by atoms with E-state index in [1.165, 1.54) is 0 Å². The molecule has 0 rings (SSSR count). The van der Waals surface area contributed by atoms with Crippen molar-refractivity contribution in [3.8, 4) is 0 Å². The Morgan fingerprint density at radius 1 is 0.833 bits per heavy atom. The van der Waals surface area contributed by atoms with Gasteiger partial charge in [0, 0.05) is 0 Å². The third kappa shape index (κ3) is 15.1. The molecule has 0 aromatic heterocycles. The van der Waals surface area contributed by atoms with E-state index in [9.17, 15) is 23.2 Å². The molecule has 0 aliphatic carbocycles. The van der Waals surface area contributed by atoms with Crippen LogP contribution in [0.2, 0.25) is 0 Å². The van der Waals surface area contributed by atoms with Crippen LogP contribution in [0.3, 0.4) is 0 Å². The molecule has 36 heavy (non-hydrogen) atoms. The molecule has 3 atom stereocenters. The second-order valence-electron chi connectivity index (χ2n) is 10.5. The summed E-state index contributed by atoms with van der Waals surface area (Å²) < 4.78 is 35.4. The van der Waals surface area contributed by atoms with Crippen LogP contribution in [0, 0.1) is 28.9 Å². The van der Waals surface area contributed by atoms with Gasteiger partial charge in [-0.1, -0.05) is 47.0 Å². The first-order valence-electron chi connectivity index (χ1n) is 13.2. The van der Waals surface area contributed by atoms with E-state index in [4.69, 9.17) is 20.9 Å². The number of unbranched alkanes of at least 4 members (excludes halogenated alkanes) is 1. The van der Waals surface area contributed by atoms with Gasteiger partial charge >= 0.3 is 11.9 Å². The first kappa shape index (κ1) is 34.7. The largest absolute Gasteiger partial charge is 0.772 e. The van der Waals surface area contributed by atoms with Crippen LogP contribution in [-0.2, 0) is 29.1 Å². The first-order valence-corrected chi connectivity index (χ1v) is 14.7. The number of nitrogens with two attached hydrogens (primary N) is 2. The molecule has 0 saturated carbocycles. The number of ether oxygens (including phenoxy) is 2. The van der Waals surface area contributed by atoms with E-state index >= 15 is 0 Å². The van der Waals surface area contributed by atoms with E-state index < -0.39 is 33.6 Å². The summed E-state index contributed by atoms with van der Waals surface area (Å²) in [7, 11) is -3.86. The number of nitrogens with zero attached hydrogens (tertiary/aromatic N) is 1. The summed E-state index contributed by atoms with van der Waals surface area (Å²) in [4.78, 5) is 25.3. The van der Waals surface area contributed by atoms with Crippen LogP contribution in [0.4, 0.5) is 0 Å². The quantitative estimate of drug-likeness (QED) is 0.127. The summed E-state index contributed by atoms with van der Waals surface area (Å²) in [5.74, 6) is -0.904. The Labute approximate surface area is 218 Å². The number of hydrogen-bond acceptors (Lipinski definition) is 9. The molecule has 3 unspecified atom stereocenters. The number of hydrogen-bond donors (Lipinski definition) is 2. The zero-order valence-corrected chi connectivity index (χ0v) is 23.8. The van der Waals surface area contributed by atoms with Crippen molar-refractivity contribution in [2.75, 3.05) is 33.4 Å². The topological polar surface area (TPSA) is 165 Å². The summed E-state index contributed by atoms with van der Waals surface area (Å²) in [5.41, 5.74) is 11.2. The van der Waals surface area contributed by atoms with Crippen molar-refractivity contribution in [3.63, 3.8) is 0 Å². The lowest BCUT2D eigenvalue weighted by molar-refractivity contribution is -0.151. The molecule has 0 amide bonds. The van der Waals surface area contributed by atoms with E-state index in [1.807, 2.05) is 0 Å². The normalized spacial score (nSPS) is 14.8. The molecule has 0 aliphatic heterocycles. The van der Waals surface area contributed by atoms with Crippen LogP contribution >= 0.6 is 0 Å². The lowest BCUT2D eigenvalue weighted by atomic mass is 9.91. The second kappa shape index (κ2) is 18.9. The molecule has 0 aromatic rings. The lowest BCUT2D eigenvalue weighted by Crippen LogP contribution is -2.41. The Morgan fingerprint density at radius 3 is 1.97 bits per heavy atom. The van der Waals surface area contributed by atoms with Crippen LogP contribution < -0.4 is 11.5 Å². The standard InChI is InChI=1S/C25H50N3O7S/c1-19(2)9-8-11-22(15-20(3)4)18-34-24(29)16-23(36(32,33)28(5)31)25(30)35-17-21(12-14-27)10-6-7-13-26/h19-23H,6-18,26-27H2,1-5H3/q-1. The van der Waals surface area contributed by atoms with Gasteiger partial charge in [0.1, 0.15) is 0 Å². The predicted octanol–water partition coefficient (Wildman–Crippen LogP) is 3.17. The molecule has 11 heteroatoms. The Hall–Kier alpha value is -1.27. The third-order valence-electron chi connectivity index (χ3n) is 6.11. The molecule has 214 valence electrons. The molecule has 10 nitrogen and oxygen atoms in total. The fraction of sp³-hybridized carbons (Fsp3) is 0.920. The summed E-state index contributed by atoms with van der Waals surface area (Å²) >= 11 is 0. The van der Waals surface area contributed by atoms with Gasteiger partial charge in [-0.15, -0.1) is 0 Å². The van der Waals surface area contributed by atoms with E-state index in [0.717, 1.165) is 52.0 Å². The average Bonchev–Trinajstić information content (AvgIpc) is 2.78. The zero-order valence-electron chi connectivity index (χ0n) is 22.9. The lowest BCUT2D eigenvalue weighted by Gasteiger charge is -2.27. The number of carbonyl (C=O) groups excluding carboxylic acids is 2. The fourth-order valence-electron chi connectivity index (χ4n) is 4.08. The third-order valence-corrected chi connectivity index (χ3v) is 7.91. The van der Waals surface area contributed by atoms with Crippen molar-refractivity contribution in [1.29, 1.82) is 0 Å². The van der Waals surface area contributed by atoms with Gasteiger partial charge in [-0.05, 0) is 75.9 Å². The Kier molecular flexibility index (Phi) is 18.2. The fourth-order valence-corrected chi connectivity index (χ4v) is 5.09. The summed E-state index contributed by atoms with van der Waals surface area (Å²) in [6.45, 7) is 9.52. The summed E-state index contributed by atoms with van der Waals surface area (Å²) in [6, 6.07) is 0. The zero-order chi connectivity index (χ0) is 27.7. The van der Waals surface area contributed by atoms with E-state index in [0.29, 0.717) is 31.3 Å². The summed E-state index contributed by atoms with van der Waals surface area (Å²) in [6.07, 6.45) is 6.01. The second-order valence-corrected chi connectivity index (χ2v) is 12.6. The van der Waals surface area contributed by atoms with Crippen molar-refractivity contribution >= 4 is 22.0 Å². The van der Waals surface area contributed by atoms with Gasteiger partial charge in [-0.2, -0.15) is 0 Å². The molecule has 0 radical (unpaired) electrons. The molecule has 0 fully saturated rings. The minimum atomic E-state index is -4.63. The van der Waals surface area contributed by atoms with E-state index in [-0.39, 0.29) is 29.5 Å². The van der Waals surface area contributed by atoms with Crippen LogP contribution in [0.25, 0.3) is 0 Å². The minimum Gasteiger partial charge on any atom is -0.772 e. The predicted molar refractivity (Wildman–Crippen MR) is 142 cm³/mol. The monoisotopic (exact) mass is 536 g/mol. The maximum atomic E-state index is 12.7. The molecule has 0 aromatic carbocycles. The Morgan fingerprint density at radius 2 is 1.44 bits per heavy atom. The maximum Gasteiger partial charge on any atom is 0.326 e. The van der Waals surface area contributed by atoms with Gasteiger partial charge in [-0.25, -0.2) is 8.42 Å². The van der Waals surface area contributed by atoms with Crippen molar-refractivity contribution < 1.29 is 27.5 Å². The van der Waals surface area contributed by atoms with E-state index in [2.05, 4.69) is 27.7 Å². The number of sulfonamides is 1. The molecule has 4 N–H and O–H groups in total. The molecular formula is C25H50N3O7S-. The molecule has 0 bridgehead atoms. The Balaban J connectivity index is 5.21. The molecule has 0 saturated heterocycles. The van der Waals surface area contributed by atoms with Crippen molar-refractivity contribution in [2.24, 2.45) is 35.1 Å². The molecule has 0 aliphatic rings. The van der Waals surface area contributed by atoms with Crippen molar-refractivity contribution in [3.05, 3.63) is 5.21 Å². The number of esters is 2. The van der Waals surface area contributed by atoms with Gasteiger partial charge in [-0.3, -0.25) is 14.1 Å². The molecular weight excluding hydrogens is 486 g/mol. The minimum absolute atomic E-state index is 0.0451. The van der Waals surface area contributed by atoms with E-state index in [1.54, 1.807) is 0 Å². The number of carbonyl (C=O) groups is 2. The highest BCUT2D eigenvalue weighted by Crippen LogP contribution is 2.22. The maximum absolute atomic E-state index is 12.7. The van der Waals surface area contributed by atoms with Gasteiger partial charge in [0.05, 0.1) is 19.6 Å². The van der Waals surface area contributed by atoms with Gasteiger partial charge in [0.15, 0.2) is 5.25 Å². The summed E-state index contributed by atoms with van der Waals surface area (Å²) in [5, 5.41) is 9.75. The van der Waals surface area contributed by atoms with Crippen molar-refractivity contribution in [1.82, 2.24) is 4.47 Å². The average molecular weight is 537 g/mol. The highest BCUT2D eigenvalue weighted by atomic mass is 32.2.